The van der Waals surface area contributed by atoms with Crippen molar-refractivity contribution in [2.75, 3.05) is 6.61 Å². The average Bonchev–Trinajstić information content (AvgIpc) is 2.85. The van der Waals surface area contributed by atoms with Gasteiger partial charge in [-0.3, -0.25) is 0 Å². The molecule has 0 radical (unpaired) electrons. The third-order valence-corrected chi connectivity index (χ3v) is 4.69. The molecule has 4 atom stereocenters. The summed E-state index contributed by atoms with van der Waals surface area (Å²) in [6.45, 7) is 2.89. The molecule has 0 amide bonds. The van der Waals surface area contributed by atoms with Gasteiger partial charge in [-0.05, 0) is 68.3 Å². The standard InChI is InChI=1S/C13H20O/c1-2-14-8-9-5-12-10-3-4-11(7-10)13(12)6-9/h8,10-13H,2-7H2,1H3. The number of hydrogen-bond donors (Lipinski definition) is 0. The van der Waals surface area contributed by atoms with Gasteiger partial charge in [0.25, 0.3) is 0 Å². The number of ether oxygens (including phenoxy) is 1. The lowest BCUT2D eigenvalue weighted by molar-refractivity contribution is 0.259. The SMILES string of the molecule is CCOC=C1CC2C3CCC(C3)C2C1. The van der Waals surface area contributed by atoms with E-state index in [1.54, 1.807) is 12.0 Å². The minimum absolute atomic E-state index is 0.825. The van der Waals surface area contributed by atoms with Crippen molar-refractivity contribution in [3.05, 3.63) is 11.8 Å². The Balaban J connectivity index is 1.70. The van der Waals surface area contributed by atoms with E-state index in [0.29, 0.717) is 0 Å². The van der Waals surface area contributed by atoms with Gasteiger partial charge in [-0.2, -0.15) is 0 Å². The highest BCUT2D eigenvalue weighted by Crippen LogP contribution is 2.59. The summed E-state index contributed by atoms with van der Waals surface area (Å²) in [4.78, 5) is 0. The van der Waals surface area contributed by atoms with Crippen LogP contribution in [-0.4, -0.2) is 6.61 Å². The van der Waals surface area contributed by atoms with Gasteiger partial charge in [0.1, 0.15) is 0 Å². The molecule has 3 aliphatic rings. The molecule has 0 aromatic carbocycles. The Hall–Kier alpha value is -0.460. The van der Waals surface area contributed by atoms with Crippen LogP contribution in [0.25, 0.3) is 0 Å². The Bertz CT molecular complexity index is 236. The monoisotopic (exact) mass is 192 g/mol. The van der Waals surface area contributed by atoms with Crippen LogP contribution in [0.2, 0.25) is 0 Å². The lowest BCUT2D eigenvalue weighted by atomic mass is 9.82. The lowest BCUT2D eigenvalue weighted by Gasteiger charge is -2.23. The summed E-state index contributed by atoms with van der Waals surface area (Å²) in [7, 11) is 0. The molecule has 3 saturated carbocycles. The normalized spacial score (nSPS) is 44.2. The summed E-state index contributed by atoms with van der Waals surface area (Å²) in [6.07, 6.45) is 9.36. The summed E-state index contributed by atoms with van der Waals surface area (Å²) in [6, 6.07) is 0. The molecule has 3 aliphatic carbocycles. The molecule has 0 heterocycles. The van der Waals surface area contributed by atoms with E-state index in [1.165, 1.54) is 25.7 Å². The molecule has 1 nitrogen and oxygen atoms in total. The molecule has 3 fully saturated rings. The quantitative estimate of drug-likeness (QED) is 0.609. The summed E-state index contributed by atoms with van der Waals surface area (Å²) in [5.74, 6) is 4.25. The largest absolute Gasteiger partial charge is 0.502 e. The van der Waals surface area contributed by atoms with Crippen molar-refractivity contribution < 1.29 is 4.74 Å². The summed E-state index contributed by atoms with van der Waals surface area (Å²) < 4.78 is 5.41. The van der Waals surface area contributed by atoms with Gasteiger partial charge in [-0.1, -0.05) is 0 Å². The molecule has 0 saturated heterocycles. The van der Waals surface area contributed by atoms with Crippen molar-refractivity contribution in [2.24, 2.45) is 23.7 Å². The van der Waals surface area contributed by atoms with E-state index in [9.17, 15) is 0 Å². The van der Waals surface area contributed by atoms with Crippen LogP contribution in [0.1, 0.15) is 39.0 Å². The third kappa shape index (κ3) is 1.21. The minimum atomic E-state index is 0.825. The fourth-order valence-electron chi connectivity index (χ4n) is 4.15. The van der Waals surface area contributed by atoms with Crippen molar-refractivity contribution >= 4 is 0 Å². The van der Waals surface area contributed by atoms with Gasteiger partial charge in [0.05, 0.1) is 12.9 Å². The second-order valence-corrected chi connectivity index (χ2v) is 5.30. The van der Waals surface area contributed by atoms with E-state index in [0.717, 1.165) is 30.3 Å². The number of hydrogen-bond acceptors (Lipinski definition) is 1. The van der Waals surface area contributed by atoms with E-state index in [1.807, 2.05) is 0 Å². The van der Waals surface area contributed by atoms with Crippen molar-refractivity contribution in [2.45, 2.75) is 39.0 Å². The molecule has 0 aliphatic heterocycles. The number of rotatable bonds is 2. The van der Waals surface area contributed by atoms with Crippen LogP contribution < -0.4 is 0 Å². The van der Waals surface area contributed by atoms with Crippen LogP contribution in [0.4, 0.5) is 0 Å². The van der Waals surface area contributed by atoms with Crippen LogP contribution in [-0.2, 0) is 4.74 Å². The highest BCUT2D eigenvalue weighted by molar-refractivity contribution is 5.15. The van der Waals surface area contributed by atoms with Crippen molar-refractivity contribution in [1.82, 2.24) is 0 Å². The maximum Gasteiger partial charge on any atom is 0.0845 e. The molecule has 4 unspecified atom stereocenters. The highest BCUT2D eigenvalue weighted by atomic mass is 16.5. The molecule has 3 rings (SSSR count). The Kier molecular flexibility index (Phi) is 2.07. The topological polar surface area (TPSA) is 9.23 Å². The molecular formula is C13H20O. The first-order valence-corrected chi connectivity index (χ1v) is 6.18. The molecule has 0 spiro atoms. The van der Waals surface area contributed by atoms with Crippen molar-refractivity contribution in [3.63, 3.8) is 0 Å². The summed E-state index contributed by atoms with van der Waals surface area (Å²) in [5.41, 5.74) is 1.60. The zero-order chi connectivity index (χ0) is 9.54. The van der Waals surface area contributed by atoms with Gasteiger partial charge in [0.2, 0.25) is 0 Å². The number of fused-ring (bicyclic) bond motifs is 5. The van der Waals surface area contributed by atoms with E-state index in [4.69, 9.17) is 4.74 Å². The summed E-state index contributed by atoms with van der Waals surface area (Å²) in [5, 5.41) is 0. The zero-order valence-corrected chi connectivity index (χ0v) is 9.04. The lowest BCUT2D eigenvalue weighted by Crippen LogP contribution is -2.15. The predicted molar refractivity (Wildman–Crippen MR) is 56.8 cm³/mol. The molecule has 14 heavy (non-hydrogen) atoms. The van der Waals surface area contributed by atoms with Gasteiger partial charge in [0.15, 0.2) is 0 Å². The molecule has 1 heteroatoms. The molecule has 0 N–H and O–H groups in total. The van der Waals surface area contributed by atoms with E-state index in [2.05, 4.69) is 13.2 Å². The Labute approximate surface area is 86.5 Å². The van der Waals surface area contributed by atoms with Crippen LogP contribution in [0.3, 0.4) is 0 Å². The summed E-state index contributed by atoms with van der Waals surface area (Å²) >= 11 is 0. The van der Waals surface area contributed by atoms with Crippen LogP contribution in [0, 0.1) is 23.7 Å². The van der Waals surface area contributed by atoms with Crippen LogP contribution in [0.15, 0.2) is 11.8 Å². The van der Waals surface area contributed by atoms with E-state index < -0.39 is 0 Å². The fraction of sp³-hybridized carbons (Fsp3) is 0.846. The average molecular weight is 192 g/mol. The Morgan fingerprint density at radius 3 is 2.43 bits per heavy atom. The third-order valence-electron chi connectivity index (χ3n) is 4.69. The van der Waals surface area contributed by atoms with E-state index >= 15 is 0 Å². The van der Waals surface area contributed by atoms with Gasteiger partial charge >= 0.3 is 0 Å². The van der Waals surface area contributed by atoms with Gasteiger partial charge in [-0.15, -0.1) is 0 Å². The second-order valence-electron chi connectivity index (χ2n) is 5.30. The first kappa shape index (κ1) is 8.82. The van der Waals surface area contributed by atoms with Crippen molar-refractivity contribution in [3.8, 4) is 0 Å². The Morgan fingerprint density at radius 1 is 1.21 bits per heavy atom. The van der Waals surface area contributed by atoms with Crippen LogP contribution >= 0.6 is 0 Å². The van der Waals surface area contributed by atoms with Gasteiger partial charge < -0.3 is 4.74 Å². The maximum absolute atomic E-state index is 5.41. The predicted octanol–water partition coefficient (Wildman–Crippen LogP) is 3.36. The molecule has 78 valence electrons. The van der Waals surface area contributed by atoms with Gasteiger partial charge in [-0.25, -0.2) is 0 Å². The smallest absolute Gasteiger partial charge is 0.0845 e. The van der Waals surface area contributed by atoms with Gasteiger partial charge in [0, 0.05) is 0 Å². The minimum Gasteiger partial charge on any atom is -0.502 e. The van der Waals surface area contributed by atoms with E-state index in [-0.39, 0.29) is 0 Å². The molecule has 0 aromatic rings. The second kappa shape index (κ2) is 3.29. The molecule has 0 aromatic heterocycles. The Morgan fingerprint density at radius 2 is 1.86 bits per heavy atom. The fourth-order valence-corrected chi connectivity index (χ4v) is 4.15. The van der Waals surface area contributed by atoms with Crippen molar-refractivity contribution in [1.29, 1.82) is 0 Å². The maximum atomic E-state index is 5.41. The first-order valence-electron chi connectivity index (χ1n) is 6.18. The molecular weight excluding hydrogens is 172 g/mol. The van der Waals surface area contributed by atoms with Crippen LogP contribution in [0.5, 0.6) is 0 Å². The molecule has 2 bridgehead atoms. The number of allylic oxidation sites excluding steroid dienone is 1. The first-order chi connectivity index (χ1) is 6.88. The zero-order valence-electron chi connectivity index (χ0n) is 9.04. The highest BCUT2D eigenvalue weighted by Gasteiger charge is 2.50.